The van der Waals surface area contributed by atoms with Crippen LogP contribution in [-0.4, -0.2) is 49.0 Å². The van der Waals surface area contributed by atoms with Crippen LogP contribution in [0.4, 0.5) is 5.13 Å². The first-order valence-electron chi connectivity index (χ1n) is 9.12. The smallest absolute Gasteiger partial charge is 0.247 e. The van der Waals surface area contributed by atoms with Crippen LogP contribution in [0.5, 0.6) is 5.75 Å². The molecule has 27 heavy (non-hydrogen) atoms. The zero-order valence-corrected chi connectivity index (χ0v) is 16.2. The van der Waals surface area contributed by atoms with E-state index in [-0.39, 0.29) is 18.0 Å². The van der Waals surface area contributed by atoms with Gasteiger partial charge in [-0.2, -0.15) is 0 Å². The summed E-state index contributed by atoms with van der Waals surface area (Å²) in [5, 5.41) is 10.4. The van der Waals surface area contributed by atoms with E-state index in [2.05, 4.69) is 25.9 Å². The van der Waals surface area contributed by atoms with Gasteiger partial charge in [0.25, 0.3) is 0 Å². The third-order valence-corrected chi connectivity index (χ3v) is 5.64. The fraction of sp³-hybridized carbons (Fsp3) is 0.421. The Morgan fingerprint density at radius 2 is 2.30 bits per heavy atom. The number of hydrogen-bond acceptors (Lipinski definition) is 7. The normalized spacial score (nSPS) is 22.3. The zero-order valence-electron chi connectivity index (χ0n) is 15.4. The number of anilines is 1. The molecule has 1 aromatic heterocycles. The lowest BCUT2D eigenvalue weighted by atomic mass is 10.0. The predicted octanol–water partition coefficient (Wildman–Crippen LogP) is 2.31. The highest BCUT2D eigenvalue weighted by molar-refractivity contribution is 7.22. The lowest BCUT2D eigenvalue weighted by Crippen LogP contribution is -2.38. The fourth-order valence-corrected chi connectivity index (χ4v) is 4.24. The van der Waals surface area contributed by atoms with Crippen LogP contribution in [0.1, 0.15) is 19.8 Å². The van der Waals surface area contributed by atoms with Crippen molar-refractivity contribution in [3.8, 4) is 5.75 Å². The number of carbonyl (C=O) groups excluding carboxylic acids is 1. The van der Waals surface area contributed by atoms with E-state index < -0.39 is 0 Å². The molecule has 2 atom stereocenters. The first-order valence-corrected chi connectivity index (χ1v) is 9.94. The third-order valence-electron chi connectivity index (χ3n) is 4.70. The second kappa shape index (κ2) is 7.66. The molecule has 7 nitrogen and oxygen atoms in total. The fourth-order valence-electron chi connectivity index (χ4n) is 3.34. The number of aliphatic imine (C=N–C) groups is 1. The van der Waals surface area contributed by atoms with Crippen LogP contribution in [0.2, 0.25) is 0 Å². The van der Waals surface area contributed by atoms with E-state index in [4.69, 9.17) is 4.74 Å². The van der Waals surface area contributed by atoms with E-state index in [9.17, 15) is 4.79 Å². The highest BCUT2D eigenvalue weighted by Gasteiger charge is 2.23. The molecule has 3 N–H and O–H groups in total. The maximum absolute atomic E-state index is 12.6. The minimum atomic E-state index is -0.00112. The Bertz CT molecular complexity index is 914. The number of ether oxygens (including phenoxy) is 1. The molecule has 2 unspecified atom stereocenters. The van der Waals surface area contributed by atoms with Gasteiger partial charge in [-0.3, -0.25) is 9.79 Å². The first-order chi connectivity index (χ1) is 13.1. The average Bonchev–Trinajstić information content (AvgIpc) is 3.29. The van der Waals surface area contributed by atoms with E-state index in [1.807, 2.05) is 31.2 Å². The molecule has 0 aliphatic carbocycles. The minimum absolute atomic E-state index is 0.00112. The van der Waals surface area contributed by atoms with E-state index in [1.54, 1.807) is 7.11 Å². The number of benzene rings is 1. The topological polar surface area (TPSA) is 87.6 Å². The Labute approximate surface area is 161 Å². The van der Waals surface area contributed by atoms with Gasteiger partial charge in [-0.25, -0.2) is 4.98 Å². The molecule has 2 aromatic rings. The summed E-state index contributed by atoms with van der Waals surface area (Å²) in [6.45, 7) is 3.81. The van der Waals surface area contributed by atoms with Gasteiger partial charge in [0.1, 0.15) is 11.6 Å². The van der Waals surface area contributed by atoms with E-state index in [0.29, 0.717) is 12.3 Å². The molecule has 2 aliphatic rings. The van der Waals surface area contributed by atoms with Gasteiger partial charge in [-0.15, -0.1) is 0 Å². The molecule has 4 rings (SSSR count). The van der Waals surface area contributed by atoms with Crippen LogP contribution in [-0.2, 0) is 4.79 Å². The number of aromatic nitrogens is 1. The molecular weight excluding hydrogens is 362 g/mol. The molecule has 0 spiro atoms. The third kappa shape index (κ3) is 4.12. The highest BCUT2D eigenvalue weighted by atomic mass is 32.1. The van der Waals surface area contributed by atoms with Crippen LogP contribution in [0.25, 0.3) is 10.2 Å². The number of dihydropyridines is 1. The highest BCUT2D eigenvalue weighted by Crippen LogP contribution is 2.29. The molecule has 0 radical (unpaired) electrons. The number of amidine groups is 1. The quantitative estimate of drug-likeness (QED) is 0.752. The van der Waals surface area contributed by atoms with Crippen LogP contribution in [0.15, 0.2) is 34.8 Å². The van der Waals surface area contributed by atoms with Crippen molar-refractivity contribution in [2.75, 3.05) is 25.5 Å². The first kappa shape index (κ1) is 17.9. The molecule has 1 fully saturated rings. The van der Waals surface area contributed by atoms with Crippen molar-refractivity contribution in [2.24, 2.45) is 4.99 Å². The Hall–Kier alpha value is -2.45. The van der Waals surface area contributed by atoms with Gasteiger partial charge in [0.2, 0.25) is 5.91 Å². The van der Waals surface area contributed by atoms with E-state index >= 15 is 0 Å². The van der Waals surface area contributed by atoms with E-state index in [1.165, 1.54) is 11.3 Å². The van der Waals surface area contributed by atoms with Gasteiger partial charge in [-0.1, -0.05) is 11.3 Å². The van der Waals surface area contributed by atoms with Gasteiger partial charge in [0, 0.05) is 24.6 Å². The summed E-state index contributed by atoms with van der Waals surface area (Å²) < 4.78 is 6.31. The van der Waals surface area contributed by atoms with Crippen molar-refractivity contribution in [1.29, 1.82) is 0 Å². The van der Waals surface area contributed by atoms with Crippen molar-refractivity contribution >= 4 is 38.4 Å². The van der Waals surface area contributed by atoms with Gasteiger partial charge in [0.15, 0.2) is 5.13 Å². The summed E-state index contributed by atoms with van der Waals surface area (Å²) in [4.78, 5) is 21.8. The van der Waals surface area contributed by atoms with Crippen molar-refractivity contribution in [1.82, 2.24) is 15.6 Å². The Kier molecular flexibility index (Phi) is 5.09. The Balaban J connectivity index is 1.50. The largest absolute Gasteiger partial charge is 0.497 e. The number of amides is 1. The van der Waals surface area contributed by atoms with Crippen molar-refractivity contribution in [3.05, 3.63) is 29.8 Å². The molecule has 8 heteroatoms. The molecule has 3 heterocycles. The number of carbonyl (C=O) groups is 1. The summed E-state index contributed by atoms with van der Waals surface area (Å²) >= 11 is 1.54. The lowest BCUT2D eigenvalue weighted by Gasteiger charge is -2.19. The van der Waals surface area contributed by atoms with Crippen molar-refractivity contribution in [3.63, 3.8) is 0 Å². The predicted molar refractivity (Wildman–Crippen MR) is 109 cm³/mol. The summed E-state index contributed by atoms with van der Waals surface area (Å²) in [7, 11) is 1.65. The number of nitrogens with one attached hydrogen (secondary N) is 3. The van der Waals surface area contributed by atoms with Crippen LogP contribution < -0.4 is 20.7 Å². The standard InChI is InChI=1S/C19H23N5O2S/c1-11-7-12(18(25)22-13-5-6-20-10-13)8-17(21-11)24-19-23-15-4-3-14(26-2)9-16(15)27-19/h3-4,8-9,11,13,20H,5-7,10H2,1-2H3,(H,22,25)(H,21,23,24). The molecule has 2 aliphatic heterocycles. The lowest BCUT2D eigenvalue weighted by molar-refractivity contribution is -0.118. The Morgan fingerprint density at radius 1 is 1.41 bits per heavy atom. The van der Waals surface area contributed by atoms with Crippen LogP contribution in [0, 0.1) is 0 Å². The monoisotopic (exact) mass is 385 g/mol. The summed E-state index contributed by atoms with van der Waals surface area (Å²) in [5.41, 5.74) is 1.66. The average molecular weight is 385 g/mol. The van der Waals surface area contributed by atoms with Gasteiger partial charge in [-0.05, 0) is 44.2 Å². The maximum Gasteiger partial charge on any atom is 0.247 e. The minimum Gasteiger partial charge on any atom is -0.497 e. The second-order valence-electron chi connectivity index (χ2n) is 6.88. The molecule has 142 valence electrons. The zero-order chi connectivity index (χ0) is 18.8. The second-order valence-corrected chi connectivity index (χ2v) is 7.91. The molecule has 1 saturated heterocycles. The van der Waals surface area contributed by atoms with Crippen molar-refractivity contribution < 1.29 is 9.53 Å². The number of nitrogens with zero attached hydrogens (tertiary/aromatic N) is 2. The van der Waals surface area contributed by atoms with Crippen LogP contribution >= 0.6 is 11.3 Å². The number of thiazole rings is 1. The van der Waals surface area contributed by atoms with Gasteiger partial charge >= 0.3 is 0 Å². The SMILES string of the molecule is COc1ccc2nc(NC3=NC(C)CC(C(=O)NC4CCNC4)=C3)sc2c1. The maximum atomic E-state index is 12.6. The molecule has 1 amide bonds. The molecule has 0 saturated carbocycles. The molecular formula is C19H23N5O2S. The number of hydrogen-bond donors (Lipinski definition) is 3. The molecule has 1 aromatic carbocycles. The van der Waals surface area contributed by atoms with Gasteiger partial charge < -0.3 is 20.7 Å². The van der Waals surface area contributed by atoms with Gasteiger partial charge in [0.05, 0.1) is 23.4 Å². The number of fused-ring (bicyclic) bond motifs is 1. The van der Waals surface area contributed by atoms with Crippen molar-refractivity contribution in [2.45, 2.75) is 31.8 Å². The number of methoxy groups -OCH3 is 1. The van der Waals surface area contributed by atoms with E-state index in [0.717, 1.165) is 46.2 Å². The van der Waals surface area contributed by atoms with Crippen LogP contribution in [0.3, 0.4) is 0 Å². The number of rotatable bonds is 4. The molecule has 0 bridgehead atoms. The summed E-state index contributed by atoms with van der Waals surface area (Å²) in [5.74, 6) is 1.48. The summed E-state index contributed by atoms with van der Waals surface area (Å²) in [6, 6.07) is 6.06. The Morgan fingerprint density at radius 3 is 3.07 bits per heavy atom. The summed E-state index contributed by atoms with van der Waals surface area (Å²) in [6.07, 6.45) is 3.46.